The van der Waals surface area contributed by atoms with E-state index < -0.39 is 0 Å². The van der Waals surface area contributed by atoms with Crippen LogP contribution >= 0.6 is 12.4 Å². The molecule has 0 unspecified atom stereocenters. The molecule has 3 rings (SSSR count). The molecule has 2 saturated heterocycles. The summed E-state index contributed by atoms with van der Waals surface area (Å²) >= 11 is 0. The smallest absolute Gasteiger partial charge is 0.249 e. The van der Waals surface area contributed by atoms with Crippen molar-refractivity contribution in [2.75, 3.05) is 18.4 Å². The summed E-state index contributed by atoms with van der Waals surface area (Å²) < 4.78 is 0. The predicted octanol–water partition coefficient (Wildman–Crippen LogP) is 1.79. The van der Waals surface area contributed by atoms with E-state index in [4.69, 9.17) is 0 Å². The summed E-state index contributed by atoms with van der Waals surface area (Å²) in [7, 11) is 0. The highest BCUT2D eigenvalue weighted by atomic mass is 35.5. The minimum Gasteiger partial charge on any atom is -0.374 e. The van der Waals surface area contributed by atoms with Crippen LogP contribution in [0, 0.1) is 0 Å². The molecule has 2 aliphatic rings. The maximum Gasteiger partial charge on any atom is 0.249 e. The largest absolute Gasteiger partial charge is 0.374 e. The summed E-state index contributed by atoms with van der Waals surface area (Å²) in [4.78, 5) is 22.8. The number of imide groups is 1. The van der Waals surface area contributed by atoms with Gasteiger partial charge < -0.3 is 10.6 Å². The van der Waals surface area contributed by atoms with Gasteiger partial charge in [-0.2, -0.15) is 0 Å². The van der Waals surface area contributed by atoms with Gasteiger partial charge in [0.15, 0.2) is 0 Å². The number of carbonyl (C=O) groups is 2. The quantitative estimate of drug-likeness (QED) is 0.742. The lowest BCUT2D eigenvalue weighted by molar-refractivity contribution is -0.133. The van der Waals surface area contributed by atoms with Gasteiger partial charge >= 0.3 is 0 Å². The number of hydrogen-bond acceptors (Lipinski definition) is 4. The van der Waals surface area contributed by atoms with Gasteiger partial charge in [-0.1, -0.05) is 12.1 Å². The van der Waals surface area contributed by atoms with Crippen LogP contribution < -0.4 is 16.0 Å². The first kappa shape index (κ1) is 16.8. The lowest BCUT2D eigenvalue weighted by Crippen LogP contribution is -2.47. The fourth-order valence-corrected chi connectivity index (χ4v) is 3.04. The molecule has 0 saturated carbocycles. The van der Waals surface area contributed by atoms with E-state index in [-0.39, 0.29) is 30.3 Å². The average Bonchev–Trinajstić information content (AvgIpc) is 2.52. The Morgan fingerprint density at radius 1 is 1.00 bits per heavy atom. The van der Waals surface area contributed by atoms with E-state index in [1.165, 1.54) is 18.4 Å². The molecule has 0 spiro atoms. The summed E-state index contributed by atoms with van der Waals surface area (Å²) in [5.74, 6) is 0.226. The predicted molar refractivity (Wildman–Crippen MR) is 88.3 cm³/mol. The molecule has 0 bridgehead atoms. The van der Waals surface area contributed by atoms with E-state index in [2.05, 4.69) is 28.1 Å². The van der Waals surface area contributed by atoms with Crippen molar-refractivity contribution in [3.05, 3.63) is 29.8 Å². The zero-order chi connectivity index (χ0) is 14.7. The van der Waals surface area contributed by atoms with Crippen molar-refractivity contribution < 1.29 is 9.59 Å². The number of anilines is 1. The number of halogens is 1. The Balaban J connectivity index is 0.00000176. The zero-order valence-electron chi connectivity index (χ0n) is 12.4. The molecule has 0 aliphatic carbocycles. The molecular formula is C16H22ClN3O2. The highest BCUT2D eigenvalue weighted by Crippen LogP contribution is 2.26. The van der Waals surface area contributed by atoms with Gasteiger partial charge in [0, 0.05) is 12.1 Å². The normalized spacial score (nSPS) is 22.6. The van der Waals surface area contributed by atoms with Crippen molar-refractivity contribution in [2.45, 2.75) is 37.6 Å². The van der Waals surface area contributed by atoms with Gasteiger partial charge in [-0.25, -0.2) is 0 Å². The van der Waals surface area contributed by atoms with Gasteiger partial charge in [0.05, 0.1) is 0 Å². The zero-order valence-corrected chi connectivity index (χ0v) is 13.2. The SMILES string of the molecule is Cl.O=C1CC[C@H](Nc2ccc(C3CCNCC3)cc2)C(=O)N1. The van der Waals surface area contributed by atoms with E-state index in [9.17, 15) is 9.59 Å². The van der Waals surface area contributed by atoms with Crippen molar-refractivity contribution in [3.63, 3.8) is 0 Å². The molecule has 0 radical (unpaired) electrons. The van der Waals surface area contributed by atoms with Gasteiger partial charge in [0.1, 0.15) is 6.04 Å². The molecule has 2 amide bonds. The van der Waals surface area contributed by atoms with Crippen LogP contribution in [-0.4, -0.2) is 30.9 Å². The van der Waals surface area contributed by atoms with Crippen LogP contribution in [0.15, 0.2) is 24.3 Å². The summed E-state index contributed by atoms with van der Waals surface area (Å²) in [6.07, 6.45) is 3.32. The van der Waals surface area contributed by atoms with Crippen LogP contribution in [-0.2, 0) is 9.59 Å². The Bertz CT molecular complexity index is 527. The Kier molecular flexibility index (Phi) is 5.80. The molecule has 22 heavy (non-hydrogen) atoms. The molecule has 2 aliphatic heterocycles. The van der Waals surface area contributed by atoms with Crippen LogP contribution in [0.25, 0.3) is 0 Å². The van der Waals surface area contributed by atoms with E-state index in [1.54, 1.807) is 0 Å². The number of hydrogen-bond donors (Lipinski definition) is 3. The standard InChI is InChI=1S/C16H21N3O2.ClH/c20-15-6-5-14(16(21)19-15)18-13-3-1-11(2-4-13)12-7-9-17-10-8-12;/h1-4,12,14,17-18H,5-10H2,(H,19,20,21);1H/t14-;/m0./s1. The molecule has 6 heteroatoms. The lowest BCUT2D eigenvalue weighted by atomic mass is 9.90. The first-order chi connectivity index (χ1) is 10.2. The Morgan fingerprint density at radius 3 is 2.32 bits per heavy atom. The number of piperidine rings is 2. The molecule has 5 nitrogen and oxygen atoms in total. The Hall–Kier alpha value is -1.59. The molecule has 1 atom stereocenters. The van der Waals surface area contributed by atoms with E-state index in [0.717, 1.165) is 18.8 Å². The molecule has 2 fully saturated rings. The van der Waals surface area contributed by atoms with E-state index in [1.807, 2.05) is 12.1 Å². The second-order valence-corrected chi connectivity index (χ2v) is 5.79. The van der Waals surface area contributed by atoms with Gasteiger partial charge in [-0.3, -0.25) is 14.9 Å². The topological polar surface area (TPSA) is 70.2 Å². The lowest BCUT2D eigenvalue weighted by Gasteiger charge is -2.24. The maximum absolute atomic E-state index is 11.7. The summed E-state index contributed by atoms with van der Waals surface area (Å²) in [5.41, 5.74) is 2.30. The number of carbonyl (C=O) groups excluding carboxylic acids is 2. The van der Waals surface area contributed by atoms with Crippen molar-refractivity contribution in [3.8, 4) is 0 Å². The number of rotatable bonds is 3. The van der Waals surface area contributed by atoms with Crippen molar-refractivity contribution in [1.82, 2.24) is 10.6 Å². The fourth-order valence-electron chi connectivity index (χ4n) is 3.04. The van der Waals surface area contributed by atoms with Crippen LogP contribution in [0.4, 0.5) is 5.69 Å². The molecule has 0 aromatic heterocycles. The van der Waals surface area contributed by atoms with Crippen LogP contribution in [0.3, 0.4) is 0 Å². The summed E-state index contributed by atoms with van der Waals surface area (Å²) in [6.45, 7) is 2.17. The molecular weight excluding hydrogens is 302 g/mol. The molecule has 1 aromatic carbocycles. The van der Waals surface area contributed by atoms with Crippen molar-refractivity contribution in [1.29, 1.82) is 0 Å². The average molecular weight is 324 g/mol. The second kappa shape index (κ2) is 7.61. The second-order valence-electron chi connectivity index (χ2n) is 5.79. The summed E-state index contributed by atoms with van der Waals surface area (Å²) in [5, 5.41) is 8.94. The molecule has 1 aromatic rings. The first-order valence-electron chi connectivity index (χ1n) is 7.63. The Morgan fingerprint density at radius 2 is 1.68 bits per heavy atom. The molecule has 2 heterocycles. The van der Waals surface area contributed by atoms with E-state index >= 15 is 0 Å². The van der Waals surface area contributed by atoms with Gasteiger partial charge in [0.25, 0.3) is 0 Å². The minimum absolute atomic E-state index is 0. The highest BCUT2D eigenvalue weighted by molar-refractivity contribution is 6.01. The summed E-state index contributed by atoms with van der Waals surface area (Å²) in [6, 6.07) is 8.03. The third kappa shape index (κ3) is 3.99. The highest BCUT2D eigenvalue weighted by Gasteiger charge is 2.26. The maximum atomic E-state index is 11.7. The number of nitrogens with one attached hydrogen (secondary N) is 3. The van der Waals surface area contributed by atoms with Crippen molar-refractivity contribution >= 4 is 29.9 Å². The number of benzene rings is 1. The van der Waals surface area contributed by atoms with Crippen molar-refractivity contribution in [2.24, 2.45) is 0 Å². The third-order valence-electron chi connectivity index (χ3n) is 4.30. The Labute approximate surface area is 136 Å². The van der Waals surface area contributed by atoms with Crippen LogP contribution in [0.1, 0.15) is 37.2 Å². The molecule has 120 valence electrons. The third-order valence-corrected chi connectivity index (χ3v) is 4.30. The van der Waals surface area contributed by atoms with Gasteiger partial charge in [-0.05, 0) is 56.0 Å². The van der Waals surface area contributed by atoms with Gasteiger partial charge in [-0.15, -0.1) is 12.4 Å². The monoisotopic (exact) mass is 323 g/mol. The van der Waals surface area contributed by atoms with Crippen LogP contribution in [0.5, 0.6) is 0 Å². The minimum atomic E-state index is -0.313. The molecule has 3 N–H and O–H groups in total. The van der Waals surface area contributed by atoms with Crippen LogP contribution in [0.2, 0.25) is 0 Å². The first-order valence-corrected chi connectivity index (χ1v) is 7.63. The van der Waals surface area contributed by atoms with E-state index in [0.29, 0.717) is 18.8 Å². The van der Waals surface area contributed by atoms with Gasteiger partial charge in [0.2, 0.25) is 11.8 Å². The fraction of sp³-hybridized carbons (Fsp3) is 0.500. The number of amides is 2.